The van der Waals surface area contributed by atoms with Crippen molar-refractivity contribution in [2.24, 2.45) is 5.92 Å². The van der Waals surface area contributed by atoms with Crippen LogP contribution in [0.2, 0.25) is 0 Å². The zero-order valence-corrected chi connectivity index (χ0v) is 13.1. The van der Waals surface area contributed by atoms with Crippen LogP contribution in [-0.4, -0.2) is 19.3 Å². The molecule has 1 fully saturated rings. The molecule has 0 radical (unpaired) electrons. The monoisotopic (exact) mass is 286 g/mol. The third-order valence-electron chi connectivity index (χ3n) is 3.87. The molecule has 1 saturated carbocycles. The smallest absolute Gasteiger partial charge is 0.156 e. The van der Waals surface area contributed by atoms with Gasteiger partial charge in [0, 0.05) is 12.6 Å². The summed E-state index contributed by atoms with van der Waals surface area (Å²) in [6.45, 7) is 5.58. The zero-order valence-electron chi connectivity index (χ0n) is 13.1. The Morgan fingerprint density at radius 3 is 2.62 bits per heavy atom. The van der Waals surface area contributed by atoms with E-state index in [9.17, 15) is 5.26 Å². The van der Waals surface area contributed by atoms with E-state index in [0.717, 1.165) is 31.4 Å². The van der Waals surface area contributed by atoms with Gasteiger partial charge in [-0.2, -0.15) is 5.26 Å². The van der Waals surface area contributed by atoms with Crippen LogP contribution in [0.1, 0.15) is 45.1 Å². The van der Waals surface area contributed by atoms with Gasteiger partial charge in [-0.1, -0.05) is 44.2 Å². The van der Waals surface area contributed by atoms with Gasteiger partial charge in [-0.05, 0) is 37.2 Å². The SMILES string of the molecule is CC(C)CCCOCC(C#N)(NC1CC1)c1ccccc1. The molecule has 1 atom stereocenters. The molecule has 1 aliphatic rings. The number of hydrogen-bond donors (Lipinski definition) is 1. The van der Waals surface area contributed by atoms with Gasteiger partial charge in [0.1, 0.15) is 0 Å². The van der Waals surface area contributed by atoms with E-state index < -0.39 is 5.54 Å². The molecule has 0 aromatic heterocycles. The lowest BCUT2D eigenvalue weighted by Crippen LogP contribution is -2.46. The van der Waals surface area contributed by atoms with Crippen LogP contribution < -0.4 is 5.32 Å². The number of nitrogens with zero attached hydrogens (tertiary/aromatic N) is 1. The van der Waals surface area contributed by atoms with Crippen LogP contribution in [-0.2, 0) is 10.3 Å². The van der Waals surface area contributed by atoms with Crippen LogP contribution in [0.3, 0.4) is 0 Å². The highest BCUT2D eigenvalue weighted by molar-refractivity contribution is 5.32. The third kappa shape index (κ3) is 4.84. The van der Waals surface area contributed by atoms with Gasteiger partial charge in [-0.25, -0.2) is 0 Å². The lowest BCUT2D eigenvalue weighted by Gasteiger charge is -2.28. The average molecular weight is 286 g/mol. The summed E-state index contributed by atoms with van der Waals surface area (Å²) >= 11 is 0. The van der Waals surface area contributed by atoms with Crippen molar-refractivity contribution in [3.05, 3.63) is 35.9 Å². The van der Waals surface area contributed by atoms with E-state index in [0.29, 0.717) is 18.6 Å². The summed E-state index contributed by atoms with van der Waals surface area (Å²) in [5.41, 5.74) is 0.295. The summed E-state index contributed by atoms with van der Waals surface area (Å²) in [6, 6.07) is 12.9. The fraction of sp³-hybridized carbons (Fsp3) is 0.611. The minimum absolute atomic E-state index is 0.419. The summed E-state index contributed by atoms with van der Waals surface area (Å²) in [6.07, 6.45) is 4.53. The first-order valence-corrected chi connectivity index (χ1v) is 7.98. The topological polar surface area (TPSA) is 45.0 Å². The minimum atomic E-state index is -0.708. The Morgan fingerprint density at radius 1 is 1.33 bits per heavy atom. The Labute approximate surface area is 128 Å². The normalized spacial score (nSPS) is 17.4. The number of rotatable bonds is 9. The van der Waals surface area contributed by atoms with Crippen LogP contribution in [0.4, 0.5) is 0 Å². The van der Waals surface area contributed by atoms with Gasteiger partial charge in [-0.3, -0.25) is 5.32 Å². The first-order chi connectivity index (χ1) is 10.2. The highest BCUT2D eigenvalue weighted by atomic mass is 16.5. The summed E-state index contributed by atoms with van der Waals surface area (Å²) in [5.74, 6) is 0.702. The predicted molar refractivity (Wildman–Crippen MR) is 84.8 cm³/mol. The van der Waals surface area contributed by atoms with Gasteiger partial charge in [0.05, 0.1) is 12.7 Å². The lowest BCUT2D eigenvalue weighted by molar-refractivity contribution is 0.0834. The Bertz CT molecular complexity index is 462. The molecule has 0 spiro atoms. The third-order valence-corrected chi connectivity index (χ3v) is 3.87. The van der Waals surface area contributed by atoms with Gasteiger partial charge < -0.3 is 4.74 Å². The molecule has 114 valence electrons. The minimum Gasteiger partial charge on any atom is -0.378 e. The van der Waals surface area contributed by atoms with E-state index in [4.69, 9.17) is 4.74 Å². The average Bonchev–Trinajstić information content (AvgIpc) is 3.30. The molecule has 21 heavy (non-hydrogen) atoms. The molecule has 0 heterocycles. The Hall–Kier alpha value is -1.37. The molecule has 0 aliphatic heterocycles. The van der Waals surface area contributed by atoms with E-state index in [1.54, 1.807) is 0 Å². The van der Waals surface area contributed by atoms with E-state index in [-0.39, 0.29) is 0 Å². The maximum Gasteiger partial charge on any atom is 0.156 e. The Kier molecular flexibility index (Phi) is 5.78. The molecule has 0 bridgehead atoms. The molecule has 0 amide bonds. The van der Waals surface area contributed by atoms with Crippen molar-refractivity contribution in [3.63, 3.8) is 0 Å². The van der Waals surface area contributed by atoms with E-state index >= 15 is 0 Å². The highest BCUT2D eigenvalue weighted by Crippen LogP contribution is 2.28. The van der Waals surface area contributed by atoms with Crippen LogP contribution in [0.25, 0.3) is 0 Å². The zero-order chi connectivity index (χ0) is 15.1. The van der Waals surface area contributed by atoms with Crippen molar-refractivity contribution in [1.82, 2.24) is 5.32 Å². The van der Waals surface area contributed by atoms with Crippen molar-refractivity contribution in [2.45, 2.75) is 51.1 Å². The second-order valence-electron chi connectivity index (χ2n) is 6.39. The number of benzene rings is 1. The second-order valence-corrected chi connectivity index (χ2v) is 6.39. The molecule has 1 aromatic carbocycles. The molecule has 1 unspecified atom stereocenters. The van der Waals surface area contributed by atoms with E-state index in [1.807, 2.05) is 30.3 Å². The highest BCUT2D eigenvalue weighted by Gasteiger charge is 2.38. The molecule has 3 heteroatoms. The summed E-state index contributed by atoms with van der Waals surface area (Å²) in [4.78, 5) is 0. The molecule has 1 N–H and O–H groups in total. The van der Waals surface area contributed by atoms with Crippen molar-refractivity contribution in [1.29, 1.82) is 5.26 Å². The van der Waals surface area contributed by atoms with Gasteiger partial charge in [0.15, 0.2) is 5.54 Å². The predicted octanol–water partition coefficient (Wildman–Crippen LogP) is 3.61. The molecule has 0 saturated heterocycles. The molecule has 2 rings (SSSR count). The van der Waals surface area contributed by atoms with Crippen LogP contribution in [0.15, 0.2) is 30.3 Å². The standard InChI is InChI=1S/C18H26N2O/c1-15(2)7-6-12-21-14-18(13-19,20-17-10-11-17)16-8-4-3-5-9-16/h3-5,8-9,15,17,20H,6-7,10-12,14H2,1-2H3. The van der Waals surface area contributed by atoms with Gasteiger partial charge in [0.2, 0.25) is 0 Å². The van der Waals surface area contributed by atoms with Crippen LogP contribution >= 0.6 is 0 Å². The van der Waals surface area contributed by atoms with Gasteiger partial charge >= 0.3 is 0 Å². The number of nitriles is 1. The largest absolute Gasteiger partial charge is 0.378 e. The summed E-state index contributed by atoms with van der Waals surface area (Å²) < 4.78 is 5.84. The first kappa shape index (κ1) is 16.0. The maximum absolute atomic E-state index is 9.76. The molecule has 1 aromatic rings. The van der Waals surface area contributed by atoms with E-state index in [2.05, 4.69) is 25.2 Å². The number of nitrogens with one attached hydrogen (secondary N) is 1. The van der Waals surface area contributed by atoms with Crippen molar-refractivity contribution in [3.8, 4) is 6.07 Å². The van der Waals surface area contributed by atoms with Crippen molar-refractivity contribution >= 4 is 0 Å². The van der Waals surface area contributed by atoms with Crippen LogP contribution in [0, 0.1) is 17.2 Å². The Morgan fingerprint density at radius 2 is 2.05 bits per heavy atom. The van der Waals surface area contributed by atoms with Gasteiger partial charge in [0.25, 0.3) is 0 Å². The maximum atomic E-state index is 9.76. The first-order valence-electron chi connectivity index (χ1n) is 7.98. The summed E-state index contributed by atoms with van der Waals surface area (Å²) in [5, 5.41) is 13.2. The van der Waals surface area contributed by atoms with Gasteiger partial charge in [-0.15, -0.1) is 0 Å². The quantitative estimate of drug-likeness (QED) is 0.705. The molecular weight excluding hydrogens is 260 g/mol. The molecular formula is C18H26N2O. The lowest BCUT2D eigenvalue weighted by atomic mass is 9.92. The Balaban J connectivity index is 1.97. The second kappa shape index (κ2) is 7.59. The fourth-order valence-electron chi connectivity index (χ4n) is 2.46. The molecule has 3 nitrogen and oxygen atoms in total. The van der Waals surface area contributed by atoms with E-state index in [1.165, 1.54) is 6.42 Å². The molecule has 1 aliphatic carbocycles. The van der Waals surface area contributed by atoms with Crippen molar-refractivity contribution < 1.29 is 4.74 Å². The fourth-order valence-corrected chi connectivity index (χ4v) is 2.46. The van der Waals surface area contributed by atoms with Crippen molar-refractivity contribution in [2.75, 3.05) is 13.2 Å². The number of hydrogen-bond acceptors (Lipinski definition) is 3. The summed E-state index contributed by atoms with van der Waals surface area (Å²) in [7, 11) is 0. The number of ether oxygens (including phenoxy) is 1. The van der Waals surface area contributed by atoms with Crippen LogP contribution in [0.5, 0.6) is 0 Å².